The average Bonchev–Trinajstić information content (AvgIpc) is 3.37. The highest BCUT2D eigenvalue weighted by Gasteiger charge is 2.30. The molecular formula is C22H28N4O3S2. The predicted molar refractivity (Wildman–Crippen MR) is 125 cm³/mol. The van der Waals surface area contributed by atoms with Gasteiger partial charge in [0.2, 0.25) is 5.91 Å². The maximum atomic E-state index is 13.4. The molecule has 7 nitrogen and oxygen atoms in total. The van der Waals surface area contributed by atoms with Gasteiger partial charge in [0.05, 0.1) is 23.1 Å². The largest absolute Gasteiger partial charge is 0.496 e. The second kappa shape index (κ2) is 10.3. The Morgan fingerprint density at radius 2 is 2.26 bits per heavy atom. The molecule has 2 aromatic rings. The Morgan fingerprint density at radius 3 is 2.94 bits per heavy atom. The van der Waals surface area contributed by atoms with Crippen molar-refractivity contribution in [3.63, 3.8) is 0 Å². The van der Waals surface area contributed by atoms with Gasteiger partial charge >= 0.3 is 0 Å². The molecule has 1 aromatic heterocycles. The number of aryl methyl sites for hydroxylation is 1. The third kappa shape index (κ3) is 5.66. The molecule has 1 saturated heterocycles. The van der Waals surface area contributed by atoms with Gasteiger partial charge in [-0.25, -0.2) is 4.98 Å². The molecule has 0 spiro atoms. The van der Waals surface area contributed by atoms with Crippen LogP contribution in [0.5, 0.6) is 5.75 Å². The zero-order chi connectivity index (χ0) is 22.5. The SMILES string of the molecule is C=CCN1CC[C@@H](N(C)C(=O)c2cc(Sc3cnc(NC(C)=O)s3)c(C)cc2OC)C1. The lowest BCUT2D eigenvalue weighted by molar-refractivity contribution is -0.114. The van der Waals surface area contributed by atoms with Crippen LogP contribution in [0.1, 0.15) is 29.3 Å². The molecule has 0 radical (unpaired) electrons. The van der Waals surface area contributed by atoms with Crippen molar-refractivity contribution >= 4 is 40.0 Å². The molecule has 2 amide bonds. The number of aromatic nitrogens is 1. The molecule has 0 aliphatic carbocycles. The molecule has 0 bridgehead atoms. The van der Waals surface area contributed by atoms with Crippen molar-refractivity contribution in [2.75, 3.05) is 39.1 Å². The van der Waals surface area contributed by atoms with Crippen molar-refractivity contribution in [3.05, 3.63) is 42.1 Å². The quantitative estimate of drug-likeness (QED) is 0.602. The van der Waals surface area contributed by atoms with Crippen LogP contribution in [0.3, 0.4) is 0 Å². The number of anilines is 1. The topological polar surface area (TPSA) is 74.8 Å². The van der Waals surface area contributed by atoms with Gasteiger partial charge < -0.3 is 15.0 Å². The lowest BCUT2D eigenvalue weighted by Crippen LogP contribution is -2.39. The fourth-order valence-electron chi connectivity index (χ4n) is 3.56. The van der Waals surface area contributed by atoms with E-state index in [1.807, 2.05) is 37.1 Å². The smallest absolute Gasteiger partial charge is 0.257 e. The lowest BCUT2D eigenvalue weighted by Gasteiger charge is -2.26. The number of carbonyl (C=O) groups excluding carboxylic acids is 2. The zero-order valence-corrected chi connectivity index (χ0v) is 19.9. The number of likely N-dealkylation sites (tertiary alicyclic amines) is 1. The molecule has 1 atom stereocenters. The van der Waals surface area contributed by atoms with E-state index in [4.69, 9.17) is 4.74 Å². The van der Waals surface area contributed by atoms with E-state index in [1.54, 1.807) is 13.3 Å². The van der Waals surface area contributed by atoms with Crippen molar-refractivity contribution in [2.45, 2.75) is 35.4 Å². The molecule has 3 rings (SSSR count). The third-order valence-corrected chi connectivity index (χ3v) is 7.38. The van der Waals surface area contributed by atoms with E-state index < -0.39 is 0 Å². The van der Waals surface area contributed by atoms with Gasteiger partial charge in [-0.1, -0.05) is 29.2 Å². The first-order valence-electron chi connectivity index (χ1n) is 10.0. The summed E-state index contributed by atoms with van der Waals surface area (Å²) in [5.41, 5.74) is 1.56. The molecule has 0 unspecified atom stereocenters. The summed E-state index contributed by atoms with van der Waals surface area (Å²) >= 11 is 2.92. The number of carbonyl (C=O) groups is 2. The zero-order valence-electron chi connectivity index (χ0n) is 18.3. The summed E-state index contributed by atoms with van der Waals surface area (Å²) in [6.45, 7) is 9.89. The third-order valence-electron chi connectivity index (χ3n) is 5.21. The summed E-state index contributed by atoms with van der Waals surface area (Å²) in [4.78, 5) is 33.9. The molecule has 0 saturated carbocycles. The number of benzene rings is 1. The molecule has 1 fully saturated rings. The van der Waals surface area contributed by atoms with E-state index in [0.29, 0.717) is 16.4 Å². The van der Waals surface area contributed by atoms with Crippen molar-refractivity contribution in [3.8, 4) is 5.75 Å². The number of likely N-dealkylation sites (N-methyl/N-ethyl adjacent to an activating group) is 1. The number of methoxy groups -OCH3 is 1. The minimum atomic E-state index is -0.152. The Morgan fingerprint density at radius 1 is 1.48 bits per heavy atom. The number of nitrogens with one attached hydrogen (secondary N) is 1. The van der Waals surface area contributed by atoms with Crippen LogP contribution in [0.4, 0.5) is 5.13 Å². The molecule has 31 heavy (non-hydrogen) atoms. The average molecular weight is 461 g/mol. The Balaban J connectivity index is 1.81. The molecule has 166 valence electrons. The van der Waals surface area contributed by atoms with Crippen molar-refractivity contribution in [1.29, 1.82) is 0 Å². The number of ether oxygens (including phenoxy) is 1. The highest BCUT2D eigenvalue weighted by molar-refractivity contribution is 8.01. The summed E-state index contributed by atoms with van der Waals surface area (Å²) in [7, 11) is 3.45. The van der Waals surface area contributed by atoms with Crippen LogP contribution in [-0.2, 0) is 4.79 Å². The maximum Gasteiger partial charge on any atom is 0.257 e. The summed E-state index contributed by atoms with van der Waals surface area (Å²) in [5, 5.41) is 3.25. The molecule has 9 heteroatoms. The first-order chi connectivity index (χ1) is 14.8. The van der Waals surface area contributed by atoms with Gasteiger partial charge in [0.15, 0.2) is 5.13 Å². The van der Waals surface area contributed by atoms with Crippen LogP contribution in [0, 0.1) is 6.92 Å². The van der Waals surface area contributed by atoms with Gasteiger partial charge in [-0.15, -0.1) is 6.58 Å². The first kappa shape index (κ1) is 23.3. The number of amides is 2. The number of rotatable bonds is 8. The van der Waals surface area contributed by atoms with Crippen LogP contribution in [0.15, 0.2) is 40.1 Å². The van der Waals surface area contributed by atoms with Gasteiger partial charge in [0.1, 0.15) is 5.75 Å². The summed E-state index contributed by atoms with van der Waals surface area (Å²) in [6, 6.07) is 3.96. The van der Waals surface area contributed by atoms with Crippen LogP contribution in [0.2, 0.25) is 0 Å². The van der Waals surface area contributed by atoms with E-state index in [1.165, 1.54) is 30.0 Å². The van der Waals surface area contributed by atoms with Crippen LogP contribution in [0.25, 0.3) is 0 Å². The van der Waals surface area contributed by atoms with Gasteiger partial charge in [0.25, 0.3) is 5.91 Å². The minimum absolute atomic E-state index is 0.0487. The van der Waals surface area contributed by atoms with E-state index in [0.717, 1.165) is 40.7 Å². The second-order valence-corrected chi connectivity index (χ2v) is 9.87. The Kier molecular flexibility index (Phi) is 7.74. The van der Waals surface area contributed by atoms with Crippen LogP contribution < -0.4 is 10.1 Å². The fourth-order valence-corrected chi connectivity index (χ4v) is 5.55. The monoisotopic (exact) mass is 460 g/mol. The van der Waals surface area contributed by atoms with Crippen LogP contribution in [-0.4, -0.2) is 66.4 Å². The van der Waals surface area contributed by atoms with E-state index in [2.05, 4.69) is 21.8 Å². The predicted octanol–water partition coefficient (Wildman–Crippen LogP) is 3.90. The standard InChI is InChI=1S/C22H28N4O3S2/c1-6-8-26-9-7-16(13-26)25(4)21(28)17-11-19(14(2)10-18(17)29-5)30-20-12-23-22(31-20)24-15(3)27/h6,10-12,16H,1,7-9,13H2,2-5H3,(H,23,24,27)/t16-/m1/s1. The van der Waals surface area contributed by atoms with E-state index >= 15 is 0 Å². The maximum absolute atomic E-state index is 13.4. The Bertz CT molecular complexity index is 976. The molecule has 1 aliphatic heterocycles. The van der Waals surface area contributed by atoms with Crippen LogP contribution >= 0.6 is 23.1 Å². The summed E-state index contributed by atoms with van der Waals surface area (Å²) in [6.07, 6.45) is 4.57. The number of hydrogen-bond donors (Lipinski definition) is 1. The van der Waals surface area contributed by atoms with E-state index in [9.17, 15) is 9.59 Å². The molecule has 1 aliphatic rings. The highest BCUT2D eigenvalue weighted by Crippen LogP contribution is 2.38. The Hall–Kier alpha value is -2.36. The van der Waals surface area contributed by atoms with Gasteiger partial charge in [-0.05, 0) is 31.0 Å². The molecule has 1 N–H and O–H groups in total. The normalized spacial score (nSPS) is 16.2. The molecular weight excluding hydrogens is 432 g/mol. The minimum Gasteiger partial charge on any atom is -0.496 e. The molecule has 1 aromatic carbocycles. The van der Waals surface area contributed by atoms with Crippen molar-refractivity contribution < 1.29 is 14.3 Å². The Labute approximate surface area is 191 Å². The number of hydrogen-bond acceptors (Lipinski definition) is 7. The van der Waals surface area contributed by atoms with Gasteiger partial charge in [0, 0.05) is 44.5 Å². The van der Waals surface area contributed by atoms with Crippen molar-refractivity contribution in [2.24, 2.45) is 0 Å². The second-order valence-electron chi connectivity index (χ2n) is 7.49. The first-order valence-corrected chi connectivity index (χ1v) is 11.7. The molecule has 2 heterocycles. The summed E-state index contributed by atoms with van der Waals surface area (Å²) in [5.74, 6) is 0.372. The highest BCUT2D eigenvalue weighted by atomic mass is 32.2. The summed E-state index contributed by atoms with van der Waals surface area (Å²) < 4.78 is 6.47. The van der Waals surface area contributed by atoms with E-state index in [-0.39, 0.29) is 17.9 Å². The fraction of sp³-hybridized carbons (Fsp3) is 0.409. The number of thiazole rings is 1. The number of nitrogens with zero attached hydrogens (tertiary/aromatic N) is 3. The van der Waals surface area contributed by atoms with Gasteiger partial charge in [-0.3, -0.25) is 14.5 Å². The van der Waals surface area contributed by atoms with Crippen molar-refractivity contribution in [1.82, 2.24) is 14.8 Å². The van der Waals surface area contributed by atoms with Gasteiger partial charge in [-0.2, -0.15) is 0 Å². The lowest BCUT2D eigenvalue weighted by atomic mass is 10.1.